The summed E-state index contributed by atoms with van der Waals surface area (Å²) in [5.41, 5.74) is 2.16. The Balaban J connectivity index is 1.85. The fourth-order valence-corrected chi connectivity index (χ4v) is 1.85. The lowest BCUT2D eigenvalue weighted by Crippen LogP contribution is -2.29. The lowest BCUT2D eigenvalue weighted by atomic mass is 10.2. The van der Waals surface area contributed by atoms with Gasteiger partial charge in [-0.1, -0.05) is 26.0 Å². The maximum atomic E-state index is 11.4. The van der Waals surface area contributed by atoms with Gasteiger partial charge in [-0.25, -0.2) is 4.98 Å². The van der Waals surface area contributed by atoms with Crippen LogP contribution in [0, 0.1) is 5.92 Å². The molecule has 18 heavy (non-hydrogen) atoms. The number of imidazole rings is 1. The van der Waals surface area contributed by atoms with E-state index in [0.717, 1.165) is 24.0 Å². The maximum absolute atomic E-state index is 11.4. The molecule has 1 aromatic carbocycles. The Labute approximate surface area is 107 Å². The number of rotatable bonds is 5. The molecule has 4 heteroatoms. The number of hydrogen-bond donors (Lipinski definition) is 1. The van der Waals surface area contributed by atoms with Crippen molar-refractivity contribution >= 4 is 16.9 Å². The Morgan fingerprint density at radius 2 is 2.17 bits per heavy atom. The van der Waals surface area contributed by atoms with E-state index in [1.165, 1.54) is 0 Å². The minimum atomic E-state index is 0.0547. The molecule has 1 amide bonds. The van der Waals surface area contributed by atoms with Gasteiger partial charge in [-0.15, -0.1) is 0 Å². The molecule has 0 atom stereocenters. The van der Waals surface area contributed by atoms with Crippen LogP contribution < -0.4 is 5.32 Å². The number of aryl methyl sites for hydroxylation is 1. The van der Waals surface area contributed by atoms with Crippen molar-refractivity contribution in [3.8, 4) is 0 Å². The van der Waals surface area contributed by atoms with Crippen LogP contribution in [0.1, 0.15) is 20.3 Å². The van der Waals surface area contributed by atoms with Crippen molar-refractivity contribution in [2.75, 3.05) is 6.54 Å². The molecule has 0 saturated carbocycles. The molecule has 1 heterocycles. The Morgan fingerprint density at radius 3 is 2.94 bits per heavy atom. The molecular weight excluding hydrogens is 226 g/mol. The zero-order valence-corrected chi connectivity index (χ0v) is 10.9. The van der Waals surface area contributed by atoms with E-state index in [9.17, 15) is 4.79 Å². The van der Waals surface area contributed by atoms with Gasteiger partial charge in [0.2, 0.25) is 5.91 Å². The highest BCUT2D eigenvalue weighted by Crippen LogP contribution is 2.11. The highest BCUT2D eigenvalue weighted by molar-refractivity contribution is 5.77. The zero-order valence-electron chi connectivity index (χ0n) is 10.9. The number of amides is 1. The molecule has 96 valence electrons. The van der Waals surface area contributed by atoms with Gasteiger partial charge in [0.25, 0.3) is 0 Å². The quantitative estimate of drug-likeness (QED) is 0.821. The van der Waals surface area contributed by atoms with Gasteiger partial charge in [0, 0.05) is 19.0 Å². The number of para-hydroxylation sites is 2. The van der Waals surface area contributed by atoms with Gasteiger partial charge in [0.1, 0.15) is 0 Å². The molecule has 0 bridgehead atoms. The number of nitrogens with zero attached hydrogens (tertiary/aromatic N) is 2. The van der Waals surface area contributed by atoms with E-state index in [-0.39, 0.29) is 11.8 Å². The fourth-order valence-electron chi connectivity index (χ4n) is 1.85. The smallest absolute Gasteiger partial charge is 0.222 e. The first-order valence-corrected chi connectivity index (χ1v) is 6.36. The topological polar surface area (TPSA) is 46.9 Å². The van der Waals surface area contributed by atoms with Crippen LogP contribution in [-0.2, 0) is 11.3 Å². The molecule has 0 spiro atoms. The van der Waals surface area contributed by atoms with Gasteiger partial charge in [-0.05, 0) is 18.6 Å². The van der Waals surface area contributed by atoms with Gasteiger partial charge < -0.3 is 9.88 Å². The summed E-state index contributed by atoms with van der Waals surface area (Å²) in [4.78, 5) is 15.7. The van der Waals surface area contributed by atoms with Crippen LogP contribution in [0.25, 0.3) is 11.0 Å². The van der Waals surface area contributed by atoms with Crippen LogP contribution in [0.15, 0.2) is 30.6 Å². The van der Waals surface area contributed by atoms with E-state index in [1.54, 1.807) is 0 Å². The third-order valence-electron chi connectivity index (χ3n) is 2.93. The van der Waals surface area contributed by atoms with Crippen molar-refractivity contribution in [2.24, 2.45) is 5.92 Å². The third kappa shape index (κ3) is 2.88. The van der Waals surface area contributed by atoms with E-state index in [2.05, 4.69) is 20.9 Å². The first kappa shape index (κ1) is 12.6. The maximum Gasteiger partial charge on any atom is 0.222 e. The van der Waals surface area contributed by atoms with Crippen LogP contribution in [0.5, 0.6) is 0 Å². The largest absolute Gasteiger partial charge is 0.356 e. The molecule has 0 fully saturated rings. The summed E-state index contributed by atoms with van der Waals surface area (Å²) in [5, 5.41) is 2.92. The van der Waals surface area contributed by atoms with Crippen LogP contribution in [0.4, 0.5) is 0 Å². The summed E-state index contributed by atoms with van der Waals surface area (Å²) in [5.74, 6) is 0.171. The number of benzene rings is 1. The Bertz CT molecular complexity index is 531. The molecule has 1 aromatic heterocycles. The second-order valence-corrected chi connectivity index (χ2v) is 4.73. The highest BCUT2D eigenvalue weighted by Gasteiger charge is 2.05. The molecule has 2 rings (SSSR count). The number of fused-ring (bicyclic) bond motifs is 1. The molecule has 0 aliphatic heterocycles. The van der Waals surface area contributed by atoms with Crippen molar-refractivity contribution in [2.45, 2.75) is 26.8 Å². The molecule has 0 radical (unpaired) electrons. The summed E-state index contributed by atoms with van der Waals surface area (Å²) in [6, 6.07) is 8.07. The number of aromatic nitrogens is 2. The minimum absolute atomic E-state index is 0.0547. The molecule has 4 nitrogen and oxygen atoms in total. The lowest BCUT2D eigenvalue weighted by Gasteiger charge is -2.08. The molecule has 0 unspecified atom stereocenters. The molecule has 0 aliphatic carbocycles. The van der Waals surface area contributed by atoms with E-state index < -0.39 is 0 Å². The summed E-state index contributed by atoms with van der Waals surface area (Å²) < 4.78 is 2.12. The standard InChI is InChI=1S/C14H19N3O/c1-11(2)14(18)15-8-5-9-17-10-16-12-6-3-4-7-13(12)17/h3-4,6-7,10-11H,5,8-9H2,1-2H3,(H,15,18). The van der Waals surface area contributed by atoms with Crippen molar-refractivity contribution in [1.29, 1.82) is 0 Å². The van der Waals surface area contributed by atoms with E-state index in [0.29, 0.717) is 6.54 Å². The fraction of sp³-hybridized carbons (Fsp3) is 0.429. The first-order chi connectivity index (χ1) is 8.68. The Morgan fingerprint density at radius 1 is 1.39 bits per heavy atom. The normalized spacial score (nSPS) is 11.1. The lowest BCUT2D eigenvalue weighted by molar-refractivity contribution is -0.123. The van der Waals surface area contributed by atoms with Crippen molar-refractivity contribution in [3.63, 3.8) is 0 Å². The zero-order chi connectivity index (χ0) is 13.0. The van der Waals surface area contributed by atoms with Gasteiger partial charge in [-0.3, -0.25) is 4.79 Å². The number of nitrogens with one attached hydrogen (secondary N) is 1. The first-order valence-electron chi connectivity index (χ1n) is 6.36. The van der Waals surface area contributed by atoms with Crippen LogP contribution >= 0.6 is 0 Å². The molecule has 2 aromatic rings. The molecular formula is C14H19N3O. The van der Waals surface area contributed by atoms with Gasteiger partial charge in [-0.2, -0.15) is 0 Å². The van der Waals surface area contributed by atoms with E-state index in [1.807, 2.05) is 38.4 Å². The predicted octanol–water partition coefficient (Wildman–Crippen LogP) is 2.20. The number of hydrogen-bond acceptors (Lipinski definition) is 2. The summed E-state index contributed by atoms with van der Waals surface area (Å²) in [6.07, 6.45) is 2.77. The van der Waals surface area contributed by atoms with Gasteiger partial charge >= 0.3 is 0 Å². The van der Waals surface area contributed by atoms with Crippen molar-refractivity contribution < 1.29 is 4.79 Å². The third-order valence-corrected chi connectivity index (χ3v) is 2.93. The number of carbonyl (C=O) groups excluding carboxylic acids is 1. The Kier molecular flexibility index (Phi) is 3.97. The average molecular weight is 245 g/mol. The van der Waals surface area contributed by atoms with Crippen LogP contribution in [-0.4, -0.2) is 22.0 Å². The SMILES string of the molecule is CC(C)C(=O)NCCCn1cnc2ccccc21. The average Bonchev–Trinajstić information content (AvgIpc) is 2.77. The summed E-state index contributed by atoms with van der Waals surface area (Å²) in [7, 11) is 0. The van der Waals surface area contributed by atoms with Crippen molar-refractivity contribution in [3.05, 3.63) is 30.6 Å². The monoisotopic (exact) mass is 245 g/mol. The van der Waals surface area contributed by atoms with Crippen LogP contribution in [0.2, 0.25) is 0 Å². The molecule has 0 aliphatic rings. The Hall–Kier alpha value is -1.84. The molecule has 0 saturated heterocycles. The second-order valence-electron chi connectivity index (χ2n) is 4.73. The van der Waals surface area contributed by atoms with Crippen LogP contribution in [0.3, 0.4) is 0 Å². The molecule has 1 N–H and O–H groups in total. The van der Waals surface area contributed by atoms with Crippen molar-refractivity contribution in [1.82, 2.24) is 14.9 Å². The van der Waals surface area contributed by atoms with Gasteiger partial charge in [0.15, 0.2) is 0 Å². The highest BCUT2D eigenvalue weighted by atomic mass is 16.1. The second kappa shape index (κ2) is 5.67. The predicted molar refractivity (Wildman–Crippen MR) is 72.2 cm³/mol. The van der Waals surface area contributed by atoms with Gasteiger partial charge in [0.05, 0.1) is 17.4 Å². The van der Waals surface area contributed by atoms with E-state index >= 15 is 0 Å². The number of carbonyl (C=O) groups is 1. The minimum Gasteiger partial charge on any atom is -0.356 e. The summed E-state index contributed by atoms with van der Waals surface area (Å²) in [6.45, 7) is 5.39. The summed E-state index contributed by atoms with van der Waals surface area (Å²) >= 11 is 0. The van der Waals surface area contributed by atoms with E-state index in [4.69, 9.17) is 0 Å².